The molecule has 2 N–H and O–H groups in total. The minimum Gasteiger partial charge on any atom is -0.497 e. The third-order valence-corrected chi connectivity index (χ3v) is 4.30. The summed E-state index contributed by atoms with van der Waals surface area (Å²) in [5.41, 5.74) is 2.69. The van der Waals surface area contributed by atoms with Crippen LogP contribution in [0.25, 0.3) is 0 Å². The van der Waals surface area contributed by atoms with Gasteiger partial charge in [0.05, 0.1) is 19.6 Å². The van der Waals surface area contributed by atoms with Gasteiger partial charge in [0.1, 0.15) is 5.75 Å². The molecule has 1 atom stereocenters. The zero-order chi connectivity index (χ0) is 17.8. The van der Waals surface area contributed by atoms with Crippen molar-refractivity contribution in [1.29, 1.82) is 0 Å². The number of carboxylic acid groups (broad SMARTS) is 1. The van der Waals surface area contributed by atoms with Gasteiger partial charge in [-0.3, -0.25) is 9.69 Å². The average molecular weight is 340 g/mol. The summed E-state index contributed by atoms with van der Waals surface area (Å²) in [4.78, 5) is 25.6. The van der Waals surface area contributed by atoms with E-state index in [1.165, 1.54) is 0 Å². The van der Waals surface area contributed by atoms with Gasteiger partial charge in [0.15, 0.2) is 0 Å². The number of anilines is 1. The number of nitrogens with one attached hydrogen (secondary N) is 1. The number of urea groups is 1. The number of rotatable bonds is 5. The van der Waals surface area contributed by atoms with Gasteiger partial charge in [0.25, 0.3) is 0 Å². The fraction of sp³-hybridized carbons (Fsp3) is 0.263. The first-order valence-electron chi connectivity index (χ1n) is 8.10. The van der Waals surface area contributed by atoms with Gasteiger partial charge in [-0.1, -0.05) is 30.3 Å². The van der Waals surface area contributed by atoms with Gasteiger partial charge in [0.2, 0.25) is 0 Å². The molecule has 1 aliphatic rings. The van der Waals surface area contributed by atoms with Crippen molar-refractivity contribution in [2.45, 2.75) is 18.9 Å². The van der Waals surface area contributed by atoms with Crippen LogP contribution in [0.5, 0.6) is 5.75 Å². The van der Waals surface area contributed by atoms with Crippen molar-refractivity contribution in [3.8, 4) is 5.75 Å². The molecule has 0 radical (unpaired) electrons. The largest absolute Gasteiger partial charge is 0.497 e. The van der Waals surface area contributed by atoms with Crippen LogP contribution < -0.4 is 15.0 Å². The second kappa shape index (κ2) is 7.25. The van der Waals surface area contributed by atoms with Crippen LogP contribution in [-0.4, -0.2) is 30.8 Å². The van der Waals surface area contributed by atoms with E-state index in [9.17, 15) is 14.7 Å². The number of carbonyl (C=O) groups is 2. The standard InChI is InChI=1S/C19H20N2O4/c1-25-15-7-4-6-14(11-15)16(12-18(22)23)20-19(24)21-10-9-13-5-2-3-8-17(13)21/h2-8,11,16H,9-10,12H2,1H3,(H,20,24)(H,22,23). The van der Waals surface area contributed by atoms with E-state index in [1.54, 1.807) is 36.3 Å². The minimum absolute atomic E-state index is 0.200. The molecule has 1 heterocycles. The van der Waals surface area contributed by atoms with Crippen LogP contribution in [0.1, 0.15) is 23.6 Å². The Labute approximate surface area is 146 Å². The summed E-state index contributed by atoms with van der Waals surface area (Å²) >= 11 is 0. The van der Waals surface area contributed by atoms with Crippen LogP contribution in [0.2, 0.25) is 0 Å². The molecule has 130 valence electrons. The van der Waals surface area contributed by atoms with Crippen LogP contribution in [0.4, 0.5) is 10.5 Å². The molecule has 6 nitrogen and oxygen atoms in total. The molecular weight excluding hydrogens is 320 g/mol. The summed E-state index contributed by atoms with van der Waals surface area (Å²) in [6.45, 7) is 0.586. The number of ether oxygens (including phenoxy) is 1. The summed E-state index contributed by atoms with van der Waals surface area (Å²) in [5, 5.41) is 12.1. The maximum absolute atomic E-state index is 12.7. The Morgan fingerprint density at radius 3 is 2.80 bits per heavy atom. The van der Waals surface area contributed by atoms with Crippen molar-refractivity contribution < 1.29 is 19.4 Å². The van der Waals surface area contributed by atoms with E-state index in [4.69, 9.17) is 4.74 Å². The van der Waals surface area contributed by atoms with Crippen LogP contribution in [-0.2, 0) is 11.2 Å². The third kappa shape index (κ3) is 3.74. The van der Waals surface area contributed by atoms with E-state index in [0.717, 1.165) is 17.7 Å². The highest BCUT2D eigenvalue weighted by Gasteiger charge is 2.27. The fourth-order valence-electron chi connectivity index (χ4n) is 3.06. The number of aliphatic carboxylic acids is 1. The van der Waals surface area contributed by atoms with Gasteiger partial charge < -0.3 is 15.2 Å². The number of hydrogen-bond acceptors (Lipinski definition) is 3. The zero-order valence-corrected chi connectivity index (χ0v) is 13.9. The molecule has 2 aromatic carbocycles. The van der Waals surface area contributed by atoms with Crippen molar-refractivity contribution in [2.75, 3.05) is 18.6 Å². The number of benzene rings is 2. The number of carboxylic acids is 1. The molecule has 0 bridgehead atoms. The molecule has 0 aromatic heterocycles. The average Bonchev–Trinajstić information content (AvgIpc) is 3.05. The van der Waals surface area contributed by atoms with Crippen molar-refractivity contribution in [1.82, 2.24) is 5.32 Å². The molecule has 0 fully saturated rings. The molecule has 2 amide bonds. The topological polar surface area (TPSA) is 78.9 Å². The first-order valence-corrected chi connectivity index (χ1v) is 8.10. The lowest BCUT2D eigenvalue weighted by molar-refractivity contribution is -0.137. The maximum atomic E-state index is 12.7. The van der Waals surface area contributed by atoms with E-state index < -0.39 is 12.0 Å². The number of nitrogens with zero attached hydrogens (tertiary/aromatic N) is 1. The summed E-state index contributed by atoms with van der Waals surface area (Å²) in [6.07, 6.45) is 0.598. The molecule has 2 aromatic rings. The highest BCUT2D eigenvalue weighted by atomic mass is 16.5. The van der Waals surface area contributed by atoms with Gasteiger partial charge >= 0.3 is 12.0 Å². The minimum atomic E-state index is -0.977. The predicted molar refractivity (Wildman–Crippen MR) is 94.0 cm³/mol. The van der Waals surface area contributed by atoms with Crippen LogP contribution in [0.15, 0.2) is 48.5 Å². The number of methoxy groups -OCH3 is 1. The first kappa shape index (κ1) is 16.8. The molecule has 0 spiro atoms. The van der Waals surface area contributed by atoms with Crippen molar-refractivity contribution in [2.24, 2.45) is 0 Å². The van der Waals surface area contributed by atoms with Crippen LogP contribution in [0, 0.1) is 0 Å². The molecule has 25 heavy (non-hydrogen) atoms. The molecule has 0 aliphatic carbocycles. The van der Waals surface area contributed by atoms with Crippen molar-refractivity contribution in [3.05, 3.63) is 59.7 Å². The summed E-state index contributed by atoms with van der Waals surface area (Å²) < 4.78 is 5.19. The Bertz CT molecular complexity index is 790. The Hall–Kier alpha value is -3.02. The summed E-state index contributed by atoms with van der Waals surface area (Å²) in [6, 6.07) is 13.9. The van der Waals surface area contributed by atoms with E-state index in [-0.39, 0.29) is 12.5 Å². The lowest BCUT2D eigenvalue weighted by Crippen LogP contribution is -2.41. The molecule has 6 heteroatoms. The highest BCUT2D eigenvalue weighted by molar-refractivity contribution is 5.94. The van der Waals surface area contributed by atoms with E-state index >= 15 is 0 Å². The molecule has 3 rings (SSSR count). The van der Waals surface area contributed by atoms with Gasteiger partial charge in [-0.25, -0.2) is 4.79 Å². The highest BCUT2D eigenvalue weighted by Crippen LogP contribution is 2.28. The Morgan fingerprint density at radius 1 is 1.24 bits per heavy atom. The lowest BCUT2D eigenvalue weighted by Gasteiger charge is -2.23. The number of hydrogen-bond donors (Lipinski definition) is 2. The Morgan fingerprint density at radius 2 is 2.04 bits per heavy atom. The second-order valence-corrected chi connectivity index (χ2v) is 5.91. The molecule has 0 saturated heterocycles. The monoisotopic (exact) mass is 340 g/mol. The van der Waals surface area contributed by atoms with Gasteiger partial charge in [0, 0.05) is 12.2 Å². The van der Waals surface area contributed by atoms with Gasteiger partial charge in [-0.15, -0.1) is 0 Å². The first-order chi connectivity index (χ1) is 12.1. The molecule has 1 aliphatic heterocycles. The lowest BCUT2D eigenvalue weighted by atomic mass is 10.0. The van der Waals surface area contributed by atoms with E-state index in [1.807, 2.05) is 24.3 Å². The maximum Gasteiger partial charge on any atom is 0.322 e. The number of para-hydroxylation sites is 1. The molecule has 1 unspecified atom stereocenters. The summed E-state index contributed by atoms with van der Waals surface area (Å²) in [5.74, 6) is -0.358. The molecular formula is C19H20N2O4. The van der Waals surface area contributed by atoms with Crippen molar-refractivity contribution >= 4 is 17.7 Å². The van der Waals surface area contributed by atoms with Crippen LogP contribution in [0.3, 0.4) is 0 Å². The number of amides is 2. The summed E-state index contributed by atoms with van der Waals surface area (Å²) in [7, 11) is 1.55. The van der Waals surface area contributed by atoms with Gasteiger partial charge in [-0.2, -0.15) is 0 Å². The zero-order valence-electron chi connectivity index (χ0n) is 13.9. The van der Waals surface area contributed by atoms with Crippen molar-refractivity contribution in [3.63, 3.8) is 0 Å². The normalized spacial score (nSPS) is 13.9. The van der Waals surface area contributed by atoms with E-state index in [2.05, 4.69) is 5.32 Å². The van der Waals surface area contributed by atoms with Crippen LogP contribution >= 0.6 is 0 Å². The Balaban J connectivity index is 1.81. The fourth-order valence-corrected chi connectivity index (χ4v) is 3.06. The van der Waals surface area contributed by atoms with E-state index in [0.29, 0.717) is 17.9 Å². The number of carbonyl (C=O) groups excluding carboxylic acids is 1. The SMILES string of the molecule is COc1cccc(C(CC(=O)O)NC(=O)N2CCc3ccccc32)c1. The smallest absolute Gasteiger partial charge is 0.322 e. The predicted octanol–water partition coefficient (Wildman–Crippen LogP) is 2.98. The molecule has 0 saturated carbocycles. The quantitative estimate of drug-likeness (QED) is 0.877. The van der Waals surface area contributed by atoms with Gasteiger partial charge in [-0.05, 0) is 35.7 Å². The third-order valence-electron chi connectivity index (χ3n) is 4.30. The number of fused-ring (bicyclic) bond motifs is 1. The Kier molecular flexibility index (Phi) is 4.88. The second-order valence-electron chi connectivity index (χ2n) is 5.91.